The third-order valence-corrected chi connectivity index (χ3v) is 6.57. The molecule has 4 heteroatoms. The molecule has 0 aliphatic carbocycles. The van der Waals surface area contributed by atoms with Gasteiger partial charge in [-0.2, -0.15) is 0 Å². The van der Waals surface area contributed by atoms with Crippen molar-refractivity contribution in [3.63, 3.8) is 0 Å². The number of carbonyl (C=O) groups excluding carboxylic acids is 1. The minimum Gasteiger partial charge on any atom is -0.353 e. The summed E-state index contributed by atoms with van der Waals surface area (Å²) in [7, 11) is 2.23. The zero-order valence-corrected chi connectivity index (χ0v) is 16.2. The number of benzene rings is 1. The molecule has 1 amide bonds. The Labute approximate surface area is 150 Å². The molecular formula is C20H30N2OS. The van der Waals surface area contributed by atoms with Gasteiger partial charge in [-0.3, -0.25) is 4.79 Å². The van der Waals surface area contributed by atoms with Crippen molar-refractivity contribution >= 4 is 17.7 Å². The molecule has 2 atom stereocenters. The van der Waals surface area contributed by atoms with Crippen LogP contribution < -0.4 is 5.32 Å². The van der Waals surface area contributed by atoms with Crippen LogP contribution in [0.2, 0.25) is 0 Å². The molecule has 0 unspecified atom stereocenters. The number of carbonyl (C=O) groups is 1. The Morgan fingerprint density at radius 1 is 1.17 bits per heavy atom. The first-order valence-corrected chi connectivity index (χ1v) is 10.1. The highest BCUT2D eigenvalue weighted by Crippen LogP contribution is 2.34. The summed E-state index contributed by atoms with van der Waals surface area (Å²) in [5, 5.41) is 3.26. The third kappa shape index (κ3) is 4.15. The molecule has 132 valence electrons. The quantitative estimate of drug-likeness (QED) is 0.841. The minimum atomic E-state index is 0.175. The Kier molecular flexibility index (Phi) is 5.26. The molecule has 0 saturated carbocycles. The molecule has 3 nitrogen and oxygen atoms in total. The van der Waals surface area contributed by atoms with E-state index in [0.29, 0.717) is 23.9 Å². The number of fused-ring (bicyclic) bond motifs is 2. The number of nitrogens with one attached hydrogen (secondary N) is 1. The second-order valence-corrected chi connectivity index (χ2v) is 9.40. The number of hydrogen-bond donors (Lipinski definition) is 1. The van der Waals surface area contributed by atoms with Crippen LogP contribution in [-0.4, -0.2) is 41.7 Å². The van der Waals surface area contributed by atoms with Crippen LogP contribution in [0.1, 0.15) is 52.0 Å². The predicted octanol–water partition coefficient (Wildman–Crippen LogP) is 3.82. The van der Waals surface area contributed by atoms with Crippen molar-refractivity contribution in [3.05, 3.63) is 29.8 Å². The van der Waals surface area contributed by atoms with E-state index in [4.69, 9.17) is 0 Å². The van der Waals surface area contributed by atoms with Crippen LogP contribution in [0.4, 0.5) is 0 Å². The van der Waals surface area contributed by atoms with Gasteiger partial charge >= 0.3 is 0 Å². The van der Waals surface area contributed by atoms with Gasteiger partial charge in [-0.25, -0.2) is 0 Å². The highest BCUT2D eigenvalue weighted by molar-refractivity contribution is 8.00. The van der Waals surface area contributed by atoms with Gasteiger partial charge in [0.2, 0.25) is 5.91 Å². The lowest BCUT2D eigenvalue weighted by molar-refractivity contribution is -0.119. The van der Waals surface area contributed by atoms with Gasteiger partial charge < -0.3 is 10.2 Å². The van der Waals surface area contributed by atoms with Crippen LogP contribution in [-0.2, 0) is 10.2 Å². The highest BCUT2D eigenvalue weighted by atomic mass is 32.2. The van der Waals surface area contributed by atoms with E-state index in [1.54, 1.807) is 11.8 Å². The summed E-state index contributed by atoms with van der Waals surface area (Å²) < 4.78 is 0. The summed E-state index contributed by atoms with van der Waals surface area (Å²) in [6, 6.07) is 10.3. The van der Waals surface area contributed by atoms with E-state index in [9.17, 15) is 4.79 Å². The van der Waals surface area contributed by atoms with E-state index in [1.165, 1.54) is 23.3 Å². The Balaban J connectivity index is 1.46. The Morgan fingerprint density at radius 2 is 1.75 bits per heavy atom. The van der Waals surface area contributed by atoms with Crippen LogP contribution in [0.15, 0.2) is 29.2 Å². The molecule has 1 N–H and O–H groups in total. The molecule has 1 aromatic carbocycles. The maximum Gasteiger partial charge on any atom is 0.230 e. The number of hydrogen-bond acceptors (Lipinski definition) is 3. The smallest absolute Gasteiger partial charge is 0.230 e. The molecule has 3 rings (SSSR count). The average molecular weight is 347 g/mol. The van der Waals surface area contributed by atoms with E-state index in [0.717, 1.165) is 12.8 Å². The Bertz CT molecular complexity index is 564. The largest absolute Gasteiger partial charge is 0.353 e. The molecule has 0 spiro atoms. The second kappa shape index (κ2) is 7.09. The van der Waals surface area contributed by atoms with Crippen molar-refractivity contribution in [3.8, 4) is 0 Å². The maximum atomic E-state index is 12.3. The van der Waals surface area contributed by atoms with Gasteiger partial charge in [-0.15, -0.1) is 11.8 Å². The number of thioether (sulfide) groups is 1. The lowest BCUT2D eigenvalue weighted by Crippen LogP contribution is -2.49. The van der Waals surface area contributed by atoms with E-state index in [2.05, 4.69) is 62.3 Å². The summed E-state index contributed by atoms with van der Waals surface area (Å²) >= 11 is 1.63. The molecule has 2 fully saturated rings. The first-order chi connectivity index (χ1) is 11.3. The van der Waals surface area contributed by atoms with Crippen molar-refractivity contribution in [1.29, 1.82) is 0 Å². The summed E-state index contributed by atoms with van der Waals surface area (Å²) in [5.74, 6) is 0.685. The zero-order chi connectivity index (χ0) is 17.3. The fraction of sp³-hybridized carbons (Fsp3) is 0.650. The fourth-order valence-electron chi connectivity index (χ4n) is 4.00. The topological polar surface area (TPSA) is 32.3 Å². The van der Waals surface area contributed by atoms with E-state index < -0.39 is 0 Å². The van der Waals surface area contributed by atoms with Gasteiger partial charge in [0.1, 0.15) is 0 Å². The molecule has 2 aliphatic heterocycles. The standard InChI is InChI=1S/C20H30N2OS/c1-20(2,3)14-5-9-18(10-6-14)24-13-19(23)21-15-11-16-7-8-17(12-15)22(16)4/h5-6,9-10,15-17H,7-8,11-13H2,1-4H3,(H,21,23)/t16-,17-/m0/s1. The number of nitrogens with zero attached hydrogens (tertiary/aromatic N) is 1. The van der Waals surface area contributed by atoms with Gasteiger partial charge in [-0.05, 0) is 55.8 Å². The van der Waals surface area contributed by atoms with Crippen molar-refractivity contribution in [2.45, 2.75) is 74.9 Å². The monoisotopic (exact) mass is 346 g/mol. The average Bonchev–Trinajstić information content (AvgIpc) is 2.74. The summed E-state index contributed by atoms with van der Waals surface area (Å²) in [6.45, 7) is 6.66. The van der Waals surface area contributed by atoms with Crippen LogP contribution in [0.3, 0.4) is 0 Å². The van der Waals surface area contributed by atoms with Crippen LogP contribution in [0, 0.1) is 0 Å². The van der Waals surface area contributed by atoms with Crippen LogP contribution in [0.5, 0.6) is 0 Å². The molecule has 2 heterocycles. The number of amides is 1. The Hall–Kier alpha value is -1.00. The maximum absolute atomic E-state index is 12.3. The van der Waals surface area contributed by atoms with Crippen LogP contribution in [0.25, 0.3) is 0 Å². The van der Waals surface area contributed by atoms with Gasteiger partial charge in [0, 0.05) is 23.0 Å². The molecule has 1 aromatic rings. The van der Waals surface area contributed by atoms with Gasteiger partial charge in [0.25, 0.3) is 0 Å². The van der Waals surface area contributed by atoms with Crippen LogP contribution >= 0.6 is 11.8 Å². The number of piperidine rings is 1. The third-order valence-electron chi connectivity index (χ3n) is 5.55. The van der Waals surface area contributed by atoms with Gasteiger partial charge in [-0.1, -0.05) is 32.9 Å². The predicted molar refractivity (Wildman–Crippen MR) is 102 cm³/mol. The summed E-state index contributed by atoms with van der Waals surface area (Å²) in [6.07, 6.45) is 4.82. The van der Waals surface area contributed by atoms with E-state index in [-0.39, 0.29) is 11.3 Å². The molecular weight excluding hydrogens is 316 g/mol. The van der Waals surface area contributed by atoms with E-state index >= 15 is 0 Å². The van der Waals surface area contributed by atoms with Crippen molar-refractivity contribution in [1.82, 2.24) is 10.2 Å². The van der Waals surface area contributed by atoms with Crippen molar-refractivity contribution in [2.24, 2.45) is 0 Å². The second-order valence-electron chi connectivity index (χ2n) is 8.35. The molecule has 2 aliphatic rings. The van der Waals surface area contributed by atoms with Gasteiger partial charge in [0.15, 0.2) is 0 Å². The summed E-state index contributed by atoms with van der Waals surface area (Å²) in [5.41, 5.74) is 1.51. The molecule has 0 aromatic heterocycles. The molecule has 0 radical (unpaired) electrons. The Morgan fingerprint density at radius 3 is 2.29 bits per heavy atom. The minimum absolute atomic E-state index is 0.175. The first-order valence-electron chi connectivity index (χ1n) is 9.07. The molecule has 2 saturated heterocycles. The zero-order valence-electron chi connectivity index (χ0n) is 15.3. The molecule has 2 bridgehead atoms. The first kappa shape index (κ1) is 17.8. The lowest BCUT2D eigenvalue weighted by atomic mass is 9.87. The fourth-order valence-corrected chi connectivity index (χ4v) is 4.71. The SMILES string of the molecule is CN1[C@H]2CC[C@H]1CC(NC(=O)CSc1ccc(C(C)(C)C)cc1)C2. The highest BCUT2D eigenvalue weighted by Gasteiger charge is 2.38. The molecule has 24 heavy (non-hydrogen) atoms. The summed E-state index contributed by atoms with van der Waals surface area (Å²) in [4.78, 5) is 16.0. The van der Waals surface area contributed by atoms with E-state index in [1.807, 2.05) is 0 Å². The van der Waals surface area contributed by atoms with Crippen molar-refractivity contribution in [2.75, 3.05) is 12.8 Å². The van der Waals surface area contributed by atoms with Gasteiger partial charge in [0.05, 0.1) is 5.75 Å². The van der Waals surface area contributed by atoms with Crippen molar-refractivity contribution < 1.29 is 4.79 Å². The lowest BCUT2D eigenvalue weighted by Gasteiger charge is -2.36. The number of rotatable bonds is 4. The normalized spacial score (nSPS) is 27.2.